The first kappa shape index (κ1) is 22.6. The normalized spacial score (nSPS) is 16.3. The number of anilines is 2. The highest BCUT2D eigenvalue weighted by molar-refractivity contribution is 7.89. The van der Waals surface area contributed by atoms with Crippen molar-refractivity contribution in [3.63, 3.8) is 0 Å². The van der Waals surface area contributed by atoms with Gasteiger partial charge in [0, 0.05) is 43.1 Å². The lowest BCUT2D eigenvalue weighted by atomic mass is 10.1. The molecule has 3 aromatic carbocycles. The third-order valence-corrected chi connectivity index (χ3v) is 8.21. The second-order valence-corrected chi connectivity index (χ2v) is 10.4. The van der Waals surface area contributed by atoms with E-state index in [9.17, 15) is 13.2 Å². The molecule has 5 rings (SSSR count). The highest BCUT2D eigenvalue weighted by Gasteiger charge is 2.26. The summed E-state index contributed by atoms with van der Waals surface area (Å²) in [6, 6.07) is 22.4. The highest BCUT2D eigenvalue weighted by atomic mass is 32.2. The van der Waals surface area contributed by atoms with Gasteiger partial charge >= 0.3 is 0 Å². The van der Waals surface area contributed by atoms with E-state index in [2.05, 4.69) is 34.5 Å². The largest absolute Gasteiger partial charge is 0.379 e. The maximum absolute atomic E-state index is 12.7. The number of sulfonamides is 1. The van der Waals surface area contributed by atoms with Crippen molar-refractivity contribution in [1.82, 2.24) is 4.31 Å². The molecule has 3 aromatic rings. The summed E-state index contributed by atoms with van der Waals surface area (Å²) in [7, 11) is -3.56. The van der Waals surface area contributed by atoms with Crippen molar-refractivity contribution in [2.45, 2.75) is 17.9 Å². The Balaban J connectivity index is 1.21. The van der Waals surface area contributed by atoms with Crippen molar-refractivity contribution in [2.24, 2.45) is 0 Å². The number of rotatable bonds is 6. The number of carbonyl (C=O) groups excluding carboxylic acids is 1. The predicted octanol–water partition coefficient (Wildman–Crippen LogP) is 3.52. The summed E-state index contributed by atoms with van der Waals surface area (Å²) in [6.07, 6.45) is 1.06. The minimum Gasteiger partial charge on any atom is -0.379 e. The molecular formula is C26H27N3O4S. The van der Waals surface area contributed by atoms with Crippen LogP contribution in [0, 0.1) is 0 Å². The standard InChI is InChI=1S/C26H27N3O4S/c30-26(27-23-9-11-24(12-10-23)34(31,32)29-15-17-33-18-16-29)22-7-5-20(6-8-22)19-28-14-13-21-3-1-2-4-25(21)28/h1-12H,13-19H2,(H,27,30). The lowest BCUT2D eigenvalue weighted by Crippen LogP contribution is -2.40. The second kappa shape index (κ2) is 9.58. The molecular weight excluding hydrogens is 450 g/mol. The van der Waals surface area contributed by atoms with Crippen LogP contribution in [0.5, 0.6) is 0 Å². The van der Waals surface area contributed by atoms with Crippen molar-refractivity contribution < 1.29 is 17.9 Å². The Kier molecular flexibility index (Phi) is 6.36. The number of para-hydroxylation sites is 1. The smallest absolute Gasteiger partial charge is 0.255 e. The number of fused-ring (bicyclic) bond motifs is 1. The van der Waals surface area contributed by atoms with Crippen LogP contribution in [-0.4, -0.2) is 51.5 Å². The highest BCUT2D eigenvalue weighted by Crippen LogP contribution is 2.29. The summed E-state index contributed by atoms with van der Waals surface area (Å²) >= 11 is 0. The molecule has 0 bridgehead atoms. The number of nitrogens with one attached hydrogen (secondary N) is 1. The van der Waals surface area contributed by atoms with E-state index in [1.165, 1.54) is 27.7 Å². The molecule has 34 heavy (non-hydrogen) atoms. The zero-order valence-corrected chi connectivity index (χ0v) is 19.6. The zero-order valence-electron chi connectivity index (χ0n) is 18.8. The van der Waals surface area contributed by atoms with Gasteiger partial charge in [-0.1, -0.05) is 30.3 Å². The molecule has 2 aliphatic heterocycles. The van der Waals surface area contributed by atoms with Gasteiger partial charge in [-0.05, 0) is 60.0 Å². The Hall–Kier alpha value is -3.20. The maximum atomic E-state index is 12.7. The van der Waals surface area contributed by atoms with Crippen molar-refractivity contribution >= 4 is 27.3 Å². The minimum absolute atomic E-state index is 0.209. The number of ether oxygens (including phenoxy) is 1. The maximum Gasteiger partial charge on any atom is 0.255 e. The Bertz CT molecular complexity index is 1270. The van der Waals surface area contributed by atoms with Crippen LogP contribution >= 0.6 is 0 Å². The summed E-state index contributed by atoms with van der Waals surface area (Å²) in [5.74, 6) is -0.234. The molecule has 0 aromatic heterocycles. The average Bonchev–Trinajstić information content (AvgIpc) is 3.28. The molecule has 176 valence electrons. The minimum atomic E-state index is -3.56. The van der Waals surface area contributed by atoms with E-state index in [0.29, 0.717) is 37.6 Å². The molecule has 0 radical (unpaired) electrons. The first-order valence-electron chi connectivity index (χ1n) is 11.4. The number of amides is 1. The molecule has 1 N–H and O–H groups in total. The first-order valence-corrected chi connectivity index (χ1v) is 12.9. The molecule has 1 saturated heterocycles. The molecule has 8 heteroatoms. The van der Waals surface area contributed by atoms with Gasteiger partial charge in [-0.2, -0.15) is 4.31 Å². The SMILES string of the molecule is O=C(Nc1ccc(S(=O)(=O)N2CCOCC2)cc1)c1ccc(CN2CCc3ccccc32)cc1. The van der Waals surface area contributed by atoms with E-state index >= 15 is 0 Å². The first-order chi connectivity index (χ1) is 16.5. The fourth-order valence-electron chi connectivity index (χ4n) is 4.40. The molecule has 2 heterocycles. The fourth-order valence-corrected chi connectivity index (χ4v) is 5.81. The Morgan fingerprint density at radius 2 is 1.59 bits per heavy atom. The lowest BCUT2D eigenvalue weighted by Gasteiger charge is -2.26. The summed E-state index contributed by atoms with van der Waals surface area (Å²) in [5.41, 5.74) is 4.90. The molecule has 1 amide bonds. The lowest BCUT2D eigenvalue weighted by molar-refractivity contribution is 0.0730. The summed E-state index contributed by atoms with van der Waals surface area (Å²) in [6.45, 7) is 3.30. The van der Waals surface area contributed by atoms with Gasteiger partial charge in [-0.15, -0.1) is 0 Å². The number of benzene rings is 3. The Labute approximate surface area is 200 Å². The number of hydrogen-bond donors (Lipinski definition) is 1. The third kappa shape index (κ3) is 4.70. The third-order valence-electron chi connectivity index (χ3n) is 6.29. The van der Waals surface area contributed by atoms with Crippen LogP contribution in [0.25, 0.3) is 0 Å². The molecule has 2 aliphatic rings. The number of morpholine rings is 1. The topological polar surface area (TPSA) is 79.0 Å². The van der Waals surface area contributed by atoms with E-state index in [1.54, 1.807) is 12.1 Å². The fraction of sp³-hybridized carbons (Fsp3) is 0.269. The van der Waals surface area contributed by atoms with Crippen molar-refractivity contribution in [3.05, 3.63) is 89.5 Å². The number of carbonyl (C=O) groups is 1. The van der Waals surface area contributed by atoms with Crippen molar-refractivity contribution in [2.75, 3.05) is 43.1 Å². The van der Waals surface area contributed by atoms with E-state index in [4.69, 9.17) is 4.74 Å². The van der Waals surface area contributed by atoms with Crippen LogP contribution in [0.1, 0.15) is 21.5 Å². The predicted molar refractivity (Wildman–Crippen MR) is 132 cm³/mol. The Morgan fingerprint density at radius 3 is 2.32 bits per heavy atom. The van der Waals surface area contributed by atoms with E-state index < -0.39 is 10.0 Å². The number of hydrogen-bond acceptors (Lipinski definition) is 5. The summed E-state index contributed by atoms with van der Waals surface area (Å²) in [5, 5.41) is 2.84. The van der Waals surface area contributed by atoms with Crippen LogP contribution in [0.4, 0.5) is 11.4 Å². The van der Waals surface area contributed by atoms with Gasteiger partial charge in [0.1, 0.15) is 0 Å². The zero-order chi connectivity index (χ0) is 23.5. The van der Waals surface area contributed by atoms with E-state index in [1.807, 2.05) is 24.3 Å². The van der Waals surface area contributed by atoms with Gasteiger partial charge in [-0.25, -0.2) is 8.42 Å². The summed E-state index contributed by atoms with van der Waals surface area (Å²) < 4.78 is 32.1. The van der Waals surface area contributed by atoms with Crippen LogP contribution in [0.2, 0.25) is 0 Å². The van der Waals surface area contributed by atoms with Gasteiger partial charge in [0.15, 0.2) is 0 Å². The molecule has 7 nitrogen and oxygen atoms in total. The van der Waals surface area contributed by atoms with Gasteiger partial charge < -0.3 is 15.0 Å². The van der Waals surface area contributed by atoms with E-state index in [-0.39, 0.29) is 10.8 Å². The van der Waals surface area contributed by atoms with Gasteiger partial charge in [0.05, 0.1) is 18.1 Å². The van der Waals surface area contributed by atoms with Crippen molar-refractivity contribution in [3.8, 4) is 0 Å². The number of nitrogens with zero attached hydrogens (tertiary/aromatic N) is 2. The molecule has 1 fully saturated rings. The Morgan fingerprint density at radius 1 is 0.882 bits per heavy atom. The van der Waals surface area contributed by atoms with E-state index in [0.717, 1.165) is 25.1 Å². The van der Waals surface area contributed by atoms with Crippen LogP contribution in [0.3, 0.4) is 0 Å². The van der Waals surface area contributed by atoms with Gasteiger partial charge in [0.2, 0.25) is 10.0 Å². The van der Waals surface area contributed by atoms with Crippen LogP contribution in [0.15, 0.2) is 77.7 Å². The molecule has 0 spiro atoms. The second-order valence-electron chi connectivity index (χ2n) is 8.49. The van der Waals surface area contributed by atoms with Crippen LogP contribution < -0.4 is 10.2 Å². The van der Waals surface area contributed by atoms with Gasteiger partial charge in [0.25, 0.3) is 5.91 Å². The molecule has 0 atom stereocenters. The quantitative estimate of drug-likeness (QED) is 0.588. The summed E-state index contributed by atoms with van der Waals surface area (Å²) in [4.78, 5) is 15.3. The monoisotopic (exact) mass is 477 g/mol. The van der Waals surface area contributed by atoms with Crippen molar-refractivity contribution in [1.29, 1.82) is 0 Å². The van der Waals surface area contributed by atoms with Crippen LogP contribution in [-0.2, 0) is 27.7 Å². The van der Waals surface area contributed by atoms with Gasteiger partial charge in [-0.3, -0.25) is 4.79 Å². The molecule has 0 saturated carbocycles. The average molecular weight is 478 g/mol. The molecule has 0 unspecified atom stereocenters. The molecule has 0 aliphatic carbocycles.